The lowest BCUT2D eigenvalue weighted by atomic mass is 10.2. The first-order valence-corrected chi connectivity index (χ1v) is 10.7. The Bertz CT molecular complexity index is 974. The quantitative estimate of drug-likeness (QED) is 0.500. The van der Waals surface area contributed by atoms with Gasteiger partial charge >= 0.3 is 6.18 Å². The molecule has 0 bridgehead atoms. The molecule has 1 aliphatic rings. The minimum atomic E-state index is -4.38. The highest BCUT2D eigenvalue weighted by atomic mass is 79.9. The van der Waals surface area contributed by atoms with Crippen LogP contribution in [0.4, 0.5) is 24.7 Å². The van der Waals surface area contributed by atoms with Crippen molar-refractivity contribution in [3.63, 3.8) is 0 Å². The van der Waals surface area contributed by atoms with Gasteiger partial charge in [-0.3, -0.25) is 4.79 Å². The highest BCUT2D eigenvalue weighted by Crippen LogP contribution is 2.37. The van der Waals surface area contributed by atoms with Gasteiger partial charge in [-0.15, -0.1) is 0 Å². The first kappa shape index (κ1) is 25.7. The van der Waals surface area contributed by atoms with Crippen LogP contribution in [0.3, 0.4) is 0 Å². The van der Waals surface area contributed by atoms with Crippen molar-refractivity contribution in [1.29, 1.82) is 0 Å². The van der Waals surface area contributed by atoms with Crippen LogP contribution in [0.2, 0.25) is 5.02 Å². The molecule has 10 heteroatoms. The number of halogens is 5. The number of carbonyl (C=O) groups is 1. The molecule has 0 aliphatic carbocycles. The molecule has 1 saturated heterocycles. The number of nitrogens with zero attached hydrogens (tertiary/aromatic N) is 3. The molecule has 1 fully saturated rings. The van der Waals surface area contributed by atoms with E-state index in [1.54, 1.807) is 19.1 Å². The number of rotatable bonds is 4. The number of hydrogen-bond donors (Lipinski definition) is 1. The van der Waals surface area contributed by atoms with Gasteiger partial charge in [-0.25, -0.2) is 4.98 Å². The van der Waals surface area contributed by atoms with Crippen LogP contribution in [0.5, 0.6) is 5.75 Å². The van der Waals surface area contributed by atoms with E-state index in [0.717, 1.165) is 18.0 Å². The minimum absolute atomic E-state index is 0.0394. The SMILES string of the molecule is C=CC(=O)/C=C/C.Oc1cc(Cl)c(Br)c(N2CCN(c3ccc(C(F)(F)F)cn3)CC2)c1. The van der Waals surface area contributed by atoms with Crippen molar-refractivity contribution < 1.29 is 23.1 Å². The molecule has 0 amide bonds. The number of carbonyl (C=O) groups excluding carboxylic acids is 1. The number of phenolic OH excluding ortho intramolecular Hbond substituents is 1. The fourth-order valence-corrected chi connectivity index (χ4v) is 3.63. The summed E-state index contributed by atoms with van der Waals surface area (Å²) in [6, 6.07) is 5.51. The van der Waals surface area contributed by atoms with Crippen LogP contribution in [0.1, 0.15) is 12.5 Å². The van der Waals surface area contributed by atoms with Crippen LogP contribution >= 0.6 is 27.5 Å². The molecule has 2 aromatic rings. The Morgan fingerprint density at radius 3 is 2.31 bits per heavy atom. The number of anilines is 2. The van der Waals surface area contributed by atoms with Gasteiger partial charge < -0.3 is 14.9 Å². The van der Waals surface area contributed by atoms with E-state index in [-0.39, 0.29) is 11.5 Å². The van der Waals surface area contributed by atoms with E-state index in [1.165, 1.54) is 24.3 Å². The van der Waals surface area contributed by atoms with Crippen LogP contribution in [-0.4, -0.2) is 42.1 Å². The van der Waals surface area contributed by atoms with E-state index in [2.05, 4.69) is 32.4 Å². The second-order valence-electron chi connectivity index (χ2n) is 6.74. The van der Waals surface area contributed by atoms with Gasteiger partial charge in [-0.05, 0) is 53.2 Å². The van der Waals surface area contributed by atoms with Crippen molar-refractivity contribution in [1.82, 2.24) is 4.98 Å². The molecule has 5 nitrogen and oxygen atoms in total. The second-order valence-corrected chi connectivity index (χ2v) is 7.94. The number of aromatic hydroxyl groups is 1. The maximum atomic E-state index is 12.6. The van der Waals surface area contributed by atoms with Crippen LogP contribution in [0, 0.1) is 0 Å². The molecule has 0 radical (unpaired) electrons. The van der Waals surface area contributed by atoms with Gasteiger partial charge in [-0.2, -0.15) is 13.2 Å². The Kier molecular flexibility index (Phi) is 9.15. The summed E-state index contributed by atoms with van der Waals surface area (Å²) in [4.78, 5) is 18.1. The predicted molar refractivity (Wildman–Crippen MR) is 124 cm³/mol. The zero-order valence-electron chi connectivity index (χ0n) is 17.2. The third-order valence-electron chi connectivity index (χ3n) is 4.55. The van der Waals surface area contributed by atoms with Gasteiger partial charge in [0.05, 0.1) is 20.7 Å². The van der Waals surface area contributed by atoms with Gasteiger partial charge in [0.15, 0.2) is 5.78 Å². The monoisotopic (exact) mass is 531 g/mol. The Labute approximate surface area is 197 Å². The average molecular weight is 533 g/mol. The van der Waals surface area contributed by atoms with Gasteiger partial charge in [0, 0.05) is 38.4 Å². The van der Waals surface area contributed by atoms with E-state index >= 15 is 0 Å². The zero-order valence-corrected chi connectivity index (χ0v) is 19.6. The average Bonchev–Trinajstić information content (AvgIpc) is 2.76. The molecule has 0 saturated carbocycles. The Balaban J connectivity index is 0.000000451. The van der Waals surface area contributed by atoms with Crippen LogP contribution in [-0.2, 0) is 11.0 Å². The predicted octanol–water partition coefficient (Wildman–Crippen LogP) is 5.87. The number of benzene rings is 1. The maximum absolute atomic E-state index is 12.6. The molecule has 172 valence electrons. The number of piperazine rings is 1. The fraction of sp³-hybridized carbons (Fsp3) is 0.273. The summed E-state index contributed by atoms with van der Waals surface area (Å²) in [6.45, 7) is 7.51. The number of hydrogen-bond acceptors (Lipinski definition) is 5. The van der Waals surface area contributed by atoms with E-state index in [4.69, 9.17) is 11.6 Å². The number of pyridine rings is 1. The number of ketones is 1. The van der Waals surface area contributed by atoms with E-state index < -0.39 is 11.7 Å². The molecule has 32 heavy (non-hydrogen) atoms. The zero-order chi connectivity index (χ0) is 23.9. The topological polar surface area (TPSA) is 56.7 Å². The largest absolute Gasteiger partial charge is 0.508 e. The van der Waals surface area contributed by atoms with Crippen LogP contribution in [0.25, 0.3) is 0 Å². The number of phenols is 1. The lowest BCUT2D eigenvalue weighted by Crippen LogP contribution is -2.47. The van der Waals surface area contributed by atoms with E-state index in [1.807, 2.05) is 4.90 Å². The van der Waals surface area contributed by atoms with Crippen LogP contribution in [0.15, 0.2) is 59.7 Å². The first-order valence-electron chi connectivity index (χ1n) is 9.57. The summed E-state index contributed by atoms with van der Waals surface area (Å²) in [6.07, 6.45) is 0.898. The van der Waals surface area contributed by atoms with Crippen LogP contribution < -0.4 is 9.80 Å². The molecule has 1 aliphatic heterocycles. The smallest absolute Gasteiger partial charge is 0.417 e. The van der Waals surface area contributed by atoms with Gasteiger partial charge in [0.1, 0.15) is 11.6 Å². The molecule has 1 aromatic carbocycles. The maximum Gasteiger partial charge on any atom is 0.417 e. The molecule has 1 N–H and O–H groups in total. The summed E-state index contributed by atoms with van der Waals surface area (Å²) >= 11 is 9.49. The number of allylic oxidation sites excluding steroid dienone is 3. The number of aromatic nitrogens is 1. The van der Waals surface area contributed by atoms with E-state index in [9.17, 15) is 23.1 Å². The van der Waals surface area contributed by atoms with Crippen molar-refractivity contribution >= 4 is 44.8 Å². The van der Waals surface area contributed by atoms with Crippen molar-refractivity contribution in [2.24, 2.45) is 0 Å². The summed E-state index contributed by atoms with van der Waals surface area (Å²) in [5.74, 6) is 0.554. The normalized spacial score (nSPS) is 14.2. The van der Waals surface area contributed by atoms with Gasteiger partial charge in [0.2, 0.25) is 0 Å². The molecular weight excluding hydrogens is 511 g/mol. The Morgan fingerprint density at radius 2 is 1.84 bits per heavy atom. The van der Waals surface area contributed by atoms with Crippen molar-refractivity contribution in [3.8, 4) is 5.75 Å². The summed E-state index contributed by atoms with van der Waals surface area (Å²) < 4.78 is 38.5. The summed E-state index contributed by atoms with van der Waals surface area (Å²) in [7, 11) is 0. The molecule has 0 atom stereocenters. The number of alkyl halides is 3. The standard InChI is InChI=1S/C16H14BrClF3N3O.C6H8O/c17-15-12(18)7-11(25)8-13(15)23-3-5-24(6-4-23)14-2-1-10(9-22-14)16(19,20)21;1-3-5-6(7)4-2/h1-2,7-9,25H,3-6H2;3-5H,2H2,1H3/b;5-3+. The molecule has 2 heterocycles. The minimum Gasteiger partial charge on any atom is -0.508 e. The molecule has 3 rings (SSSR count). The van der Waals surface area contributed by atoms with Gasteiger partial charge in [0.25, 0.3) is 0 Å². The summed E-state index contributed by atoms with van der Waals surface area (Å²) in [5, 5.41) is 10.1. The molecule has 1 aromatic heterocycles. The second kappa shape index (κ2) is 11.4. The van der Waals surface area contributed by atoms with Gasteiger partial charge in [-0.1, -0.05) is 24.3 Å². The molecule has 0 spiro atoms. The van der Waals surface area contributed by atoms with E-state index in [0.29, 0.717) is 41.5 Å². The molecular formula is C22H22BrClF3N3O2. The van der Waals surface area contributed by atoms with Crippen molar-refractivity contribution in [3.05, 3.63) is 70.3 Å². The highest BCUT2D eigenvalue weighted by molar-refractivity contribution is 9.10. The lowest BCUT2D eigenvalue weighted by Gasteiger charge is -2.37. The first-order chi connectivity index (χ1) is 15.1. The third kappa shape index (κ3) is 7.00. The highest BCUT2D eigenvalue weighted by Gasteiger charge is 2.31. The van der Waals surface area contributed by atoms with Crippen molar-refractivity contribution in [2.45, 2.75) is 13.1 Å². The third-order valence-corrected chi connectivity index (χ3v) is 5.91. The summed E-state index contributed by atoms with van der Waals surface area (Å²) in [5.41, 5.74) is 0.0262. The van der Waals surface area contributed by atoms with Crippen molar-refractivity contribution in [2.75, 3.05) is 36.0 Å². The Hall–Kier alpha value is -2.52. The lowest BCUT2D eigenvalue weighted by molar-refractivity contribution is -0.137. The Morgan fingerprint density at radius 1 is 1.22 bits per heavy atom. The molecule has 0 unspecified atom stereocenters. The fourth-order valence-electron chi connectivity index (χ4n) is 2.94.